The predicted molar refractivity (Wildman–Crippen MR) is 106 cm³/mol. The van der Waals surface area contributed by atoms with Crippen LogP contribution in [-0.4, -0.2) is 51.6 Å². The fourth-order valence-electron chi connectivity index (χ4n) is 4.94. The van der Waals surface area contributed by atoms with E-state index in [1.807, 2.05) is 0 Å². The van der Waals surface area contributed by atoms with Crippen molar-refractivity contribution in [3.63, 3.8) is 0 Å². The number of hydrogen-bond donors (Lipinski definition) is 1. The summed E-state index contributed by atoms with van der Waals surface area (Å²) in [5.74, 6) is -0.746. The third kappa shape index (κ3) is 3.74. The second-order valence-electron chi connectivity index (χ2n) is 8.40. The lowest BCUT2D eigenvalue weighted by molar-refractivity contribution is -0.136. The van der Waals surface area contributed by atoms with Crippen molar-refractivity contribution in [3.8, 4) is 0 Å². The lowest BCUT2D eigenvalue weighted by atomic mass is 9.85. The molecular formula is C22H23FN4O4. The van der Waals surface area contributed by atoms with Crippen LogP contribution in [-0.2, 0) is 22.7 Å². The van der Waals surface area contributed by atoms with Crippen LogP contribution in [0.3, 0.4) is 0 Å². The second-order valence-corrected chi connectivity index (χ2v) is 8.40. The molecule has 3 amide bonds. The minimum Gasteiger partial charge on any atom is -0.448 e. The van der Waals surface area contributed by atoms with Crippen molar-refractivity contribution in [1.29, 1.82) is 0 Å². The van der Waals surface area contributed by atoms with E-state index in [0.29, 0.717) is 24.4 Å². The molecule has 1 atom stereocenters. The number of fused-ring (bicyclic) bond motifs is 1. The van der Waals surface area contributed by atoms with E-state index in [9.17, 15) is 18.8 Å². The van der Waals surface area contributed by atoms with Gasteiger partial charge in [-0.25, -0.2) is 9.37 Å². The first-order valence-corrected chi connectivity index (χ1v) is 10.6. The topological polar surface area (TPSA) is 95.8 Å². The number of rotatable bonds is 4. The van der Waals surface area contributed by atoms with Gasteiger partial charge >= 0.3 is 0 Å². The molecule has 1 aromatic carbocycles. The smallest absolute Gasteiger partial charge is 0.255 e. The minimum atomic E-state index is -0.698. The number of carbonyl (C=O) groups excluding carboxylic acids is 3. The number of oxazole rings is 1. The second kappa shape index (κ2) is 7.88. The number of benzene rings is 1. The third-order valence-electron chi connectivity index (χ3n) is 6.52. The summed E-state index contributed by atoms with van der Waals surface area (Å²) in [6.45, 7) is 2.56. The zero-order chi connectivity index (χ0) is 21.5. The molecule has 5 rings (SSSR count). The number of likely N-dealkylation sites (tertiary alicyclic amines) is 1. The van der Waals surface area contributed by atoms with Crippen LogP contribution in [0.1, 0.15) is 59.0 Å². The van der Waals surface area contributed by atoms with Gasteiger partial charge in [-0.2, -0.15) is 0 Å². The predicted octanol–water partition coefficient (Wildman–Crippen LogP) is 1.95. The van der Waals surface area contributed by atoms with Gasteiger partial charge in [0.1, 0.15) is 18.1 Å². The van der Waals surface area contributed by atoms with Crippen molar-refractivity contribution >= 4 is 17.7 Å². The van der Waals surface area contributed by atoms with Gasteiger partial charge in [0.2, 0.25) is 17.7 Å². The Labute approximate surface area is 178 Å². The van der Waals surface area contributed by atoms with Crippen molar-refractivity contribution in [2.75, 3.05) is 13.1 Å². The lowest BCUT2D eigenvalue weighted by Gasteiger charge is -2.32. The van der Waals surface area contributed by atoms with Crippen LogP contribution in [0.25, 0.3) is 0 Å². The quantitative estimate of drug-likeness (QED) is 0.751. The highest BCUT2D eigenvalue weighted by Crippen LogP contribution is 2.37. The fraction of sp³-hybridized carbons (Fsp3) is 0.455. The molecule has 8 nitrogen and oxygen atoms in total. The molecule has 0 radical (unpaired) electrons. The van der Waals surface area contributed by atoms with Gasteiger partial charge in [-0.15, -0.1) is 0 Å². The number of aromatic nitrogens is 1. The number of halogens is 1. The molecular weight excluding hydrogens is 403 g/mol. The number of amides is 3. The Bertz CT molecular complexity index is 1030. The van der Waals surface area contributed by atoms with Crippen LogP contribution in [0.5, 0.6) is 0 Å². The minimum absolute atomic E-state index is 0.139. The van der Waals surface area contributed by atoms with Gasteiger partial charge in [0.15, 0.2) is 0 Å². The van der Waals surface area contributed by atoms with Gasteiger partial charge in [0.05, 0.1) is 12.7 Å². The maximum absolute atomic E-state index is 14.5. The molecule has 2 fully saturated rings. The first kappa shape index (κ1) is 19.9. The molecule has 1 aromatic heterocycles. The Morgan fingerprint density at radius 2 is 1.97 bits per heavy atom. The summed E-state index contributed by atoms with van der Waals surface area (Å²) in [5, 5.41) is 2.30. The molecule has 4 heterocycles. The third-order valence-corrected chi connectivity index (χ3v) is 6.52. The number of piperidine rings is 2. The highest BCUT2D eigenvalue weighted by atomic mass is 19.1. The SMILES string of the molecule is O=C1CCC(N2Cc3c(cc(F)cc3C3CCN(Cc4ncco4)CC3)C2=O)C(=O)N1. The molecule has 3 aliphatic heterocycles. The van der Waals surface area contributed by atoms with Gasteiger partial charge < -0.3 is 9.32 Å². The van der Waals surface area contributed by atoms with Gasteiger partial charge in [-0.1, -0.05) is 0 Å². The summed E-state index contributed by atoms with van der Waals surface area (Å²) in [6, 6.07) is 2.11. The number of imide groups is 1. The van der Waals surface area contributed by atoms with E-state index in [4.69, 9.17) is 4.42 Å². The number of nitrogens with one attached hydrogen (secondary N) is 1. The van der Waals surface area contributed by atoms with E-state index in [0.717, 1.165) is 37.1 Å². The van der Waals surface area contributed by atoms with Gasteiger partial charge in [0.25, 0.3) is 5.91 Å². The van der Waals surface area contributed by atoms with E-state index in [1.165, 1.54) is 17.0 Å². The summed E-state index contributed by atoms with van der Waals surface area (Å²) in [4.78, 5) is 44.7. The zero-order valence-electron chi connectivity index (χ0n) is 17.0. The van der Waals surface area contributed by atoms with E-state index in [1.54, 1.807) is 12.5 Å². The Morgan fingerprint density at radius 3 is 2.68 bits per heavy atom. The monoisotopic (exact) mass is 426 g/mol. The summed E-state index contributed by atoms with van der Waals surface area (Å²) in [6.07, 6.45) is 5.35. The summed E-state index contributed by atoms with van der Waals surface area (Å²) in [5.41, 5.74) is 2.00. The van der Waals surface area contributed by atoms with Crippen molar-refractivity contribution < 1.29 is 23.2 Å². The molecule has 3 aliphatic rings. The molecule has 1 N–H and O–H groups in total. The van der Waals surface area contributed by atoms with Crippen molar-refractivity contribution in [1.82, 2.24) is 20.1 Å². The van der Waals surface area contributed by atoms with Gasteiger partial charge in [-0.05, 0) is 61.5 Å². The average Bonchev–Trinajstić information content (AvgIpc) is 3.37. The molecule has 0 aliphatic carbocycles. The number of nitrogens with zero attached hydrogens (tertiary/aromatic N) is 3. The maximum atomic E-state index is 14.5. The molecule has 0 spiro atoms. The van der Waals surface area contributed by atoms with Crippen LogP contribution in [0.4, 0.5) is 4.39 Å². The Hall–Kier alpha value is -3.07. The standard InChI is InChI=1S/C22H23FN4O4/c23-14-9-15(13-3-6-26(7-4-13)12-20-24-5-8-31-20)17-11-27(22(30)16(17)10-14)18-1-2-19(28)25-21(18)29/h5,8-10,13,18H,1-4,6-7,11-12H2,(H,25,28,29). The first-order chi connectivity index (χ1) is 15.0. The average molecular weight is 426 g/mol. The molecule has 2 saturated heterocycles. The zero-order valence-corrected chi connectivity index (χ0v) is 17.0. The molecule has 9 heteroatoms. The Balaban J connectivity index is 1.34. The number of carbonyl (C=O) groups is 3. The van der Waals surface area contributed by atoms with Crippen LogP contribution in [0, 0.1) is 5.82 Å². The summed E-state index contributed by atoms with van der Waals surface area (Å²) < 4.78 is 19.8. The summed E-state index contributed by atoms with van der Waals surface area (Å²) in [7, 11) is 0. The molecule has 0 bridgehead atoms. The van der Waals surface area contributed by atoms with E-state index in [-0.39, 0.29) is 30.7 Å². The van der Waals surface area contributed by atoms with Crippen LogP contribution in [0.2, 0.25) is 0 Å². The highest BCUT2D eigenvalue weighted by Gasteiger charge is 2.41. The van der Waals surface area contributed by atoms with Crippen molar-refractivity contribution in [3.05, 3.63) is 53.0 Å². The lowest BCUT2D eigenvalue weighted by Crippen LogP contribution is -2.52. The molecule has 31 heavy (non-hydrogen) atoms. The van der Waals surface area contributed by atoms with Crippen LogP contribution in [0.15, 0.2) is 29.0 Å². The highest BCUT2D eigenvalue weighted by molar-refractivity contribution is 6.05. The number of hydrogen-bond acceptors (Lipinski definition) is 6. The van der Waals surface area contributed by atoms with E-state index >= 15 is 0 Å². The maximum Gasteiger partial charge on any atom is 0.255 e. The summed E-state index contributed by atoms with van der Waals surface area (Å²) >= 11 is 0. The van der Waals surface area contributed by atoms with Crippen LogP contribution < -0.4 is 5.32 Å². The van der Waals surface area contributed by atoms with E-state index in [2.05, 4.69) is 15.2 Å². The van der Waals surface area contributed by atoms with E-state index < -0.39 is 17.8 Å². The Morgan fingerprint density at radius 1 is 1.16 bits per heavy atom. The molecule has 0 saturated carbocycles. The van der Waals surface area contributed by atoms with Gasteiger partial charge in [-0.3, -0.25) is 24.6 Å². The van der Waals surface area contributed by atoms with Crippen LogP contribution >= 0.6 is 0 Å². The molecule has 2 aromatic rings. The van der Waals surface area contributed by atoms with Gasteiger partial charge in [0, 0.05) is 18.5 Å². The Kier molecular flexibility index (Phi) is 5.05. The van der Waals surface area contributed by atoms with Crippen molar-refractivity contribution in [2.45, 2.75) is 50.7 Å². The molecule has 162 valence electrons. The largest absolute Gasteiger partial charge is 0.448 e. The molecule has 1 unspecified atom stereocenters. The van der Waals surface area contributed by atoms with Crippen molar-refractivity contribution in [2.24, 2.45) is 0 Å². The normalized spacial score (nSPS) is 22.7. The first-order valence-electron chi connectivity index (χ1n) is 10.6. The fourth-order valence-corrected chi connectivity index (χ4v) is 4.94.